The van der Waals surface area contributed by atoms with Crippen molar-refractivity contribution in [3.8, 4) is 0 Å². The fourth-order valence-corrected chi connectivity index (χ4v) is 5.02. The van der Waals surface area contributed by atoms with Crippen molar-refractivity contribution in [2.75, 3.05) is 29.6 Å². The number of rotatable bonds is 4. The van der Waals surface area contributed by atoms with Gasteiger partial charge in [-0.1, -0.05) is 23.5 Å². The highest BCUT2D eigenvalue weighted by atomic mass is 32.2. The summed E-state index contributed by atoms with van der Waals surface area (Å²) in [5.41, 5.74) is 1.59. The fraction of sp³-hybridized carbons (Fsp3) is 0.300. The molecule has 1 aromatic heterocycles. The van der Waals surface area contributed by atoms with E-state index in [-0.39, 0.29) is 16.7 Å². The number of nitrogens with zero attached hydrogens (tertiary/aromatic N) is 2. The molecule has 1 saturated heterocycles. The second-order valence-corrected chi connectivity index (χ2v) is 10.1. The third-order valence-electron chi connectivity index (χ3n) is 4.90. The number of hydrogen-bond donors (Lipinski definition) is 1. The van der Waals surface area contributed by atoms with Crippen LogP contribution in [0.5, 0.6) is 0 Å². The fourth-order valence-electron chi connectivity index (χ4n) is 3.39. The molecule has 1 unspecified atom stereocenters. The van der Waals surface area contributed by atoms with Gasteiger partial charge in [0, 0.05) is 25.0 Å². The van der Waals surface area contributed by atoms with E-state index in [1.165, 1.54) is 18.4 Å². The lowest BCUT2D eigenvalue weighted by molar-refractivity contribution is -0.120. The summed E-state index contributed by atoms with van der Waals surface area (Å²) in [5.74, 6) is -0.173. The molecule has 0 radical (unpaired) electrons. The normalized spacial score (nSPS) is 17.6. The molecular weight excluding hydrogens is 394 g/mol. The Balaban J connectivity index is 1.44. The highest BCUT2D eigenvalue weighted by Gasteiger charge is 2.27. The molecule has 0 bridgehead atoms. The minimum atomic E-state index is -3.24. The van der Waals surface area contributed by atoms with Crippen molar-refractivity contribution in [3.63, 3.8) is 0 Å². The molecule has 8 heteroatoms. The van der Waals surface area contributed by atoms with Crippen molar-refractivity contribution in [2.24, 2.45) is 5.92 Å². The zero-order valence-electron chi connectivity index (χ0n) is 15.5. The van der Waals surface area contributed by atoms with Gasteiger partial charge in [0.25, 0.3) is 0 Å². The van der Waals surface area contributed by atoms with Crippen LogP contribution in [0.4, 0.5) is 10.8 Å². The standard InChI is InChI=1S/C20H21N3O3S2/c1-28(25,26)16-10-8-15(9-11-16)21-19(24)14-5-4-12-23(13-14)20-22-17-6-2-3-7-18(17)27-20/h2-3,6-11,14H,4-5,12-13H2,1H3,(H,21,24). The smallest absolute Gasteiger partial charge is 0.229 e. The number of sulfone groups is 1. The van der Waals surface area contributed by atoms with Crippen LogP contribution < -0.4 is 10.2 Å². The Bertz CT molecular complexity index is 1070. The van der Waals surface area contributed by atoms with Crippen LogP contribution in [0.25, 0.3) is 10.2 Å². The molecule has 0 saturated carbocycles. The van der Waals surface area contributed by atoms with Gasteiger partial charge in [-0.2, -0.15) is 0 Å². The van der Waals surface area contributed by atoms with Gasteiger partial charge in [-0.05, 0) is 49.2 Å². The molecule has 4 rings (SSSR count). The van der Waals surface area contributed by atoms with Crippen molar-refractivity contribution in [1.82, 2.24) is 4.98 Å². The molecule has 1 amide bonds. The molecule has 146 valence electrons. The molecule has 1 aliphatic heterocycles. The van der Waals surface area contributed by atoms with E-state index in [0.717, 1.165) is 34.7 Å². The summed E-state index contributed by atoms with van der Waals surface area (Å²) in [5, 5.41) is 3.87. The second kappa shape index (κ2) is 7.52. The van der Waals surface area contributed by atoms with E-state index in [2.05, 4.69) is 16.3 Å². The SMILES string of the molecule is CS(=O)(=O)c1ccc(NC(=O)C2CCCN(c3nc4ccccc4s3)C2)cc1. The Labute approximate surface area is 168 Å². The molecular formula is C20H21N3O3S2. The molecule has 28 heavy (non-hydrogen) atoms. The number of nitrogens with one attached hydrogen (secondary N) is 1. The number of benzene rings is 2. The van der Waals surface area contributed by atoms with E-state index in [1.54, 1.807) is 23.5 Å². The first-order chi connectivity index (χ1) is 13.4. The number of anilines is 2. The van der Waals surface area contributed by atoms with Gasteiger partial charge in [0.05, 0.1) is 21.0 Å². The van der Waals surface area contributed by atoms with Crippen LogP contribution in [0.3, 0.4) is 0 Å². The number of amides is 1. The molecule has 2 heterocycles. The predicted molar refractivity (Wildman–Crippen MR) is 113 cm³/mol. The summed E-state index contributed by atoms with van der Waals surface area (Å²) in [7, 11) is -3.24. The van der Waals surface area contributed by atoms with Gasteiger partial charge in [0.2, 0.25) is 5.91 Å². The van der Waals surface area contributed by atoms with Crippen LogP contribution in [0.15, 0.2) is 53.4 Å². The van der Waals surface area contributed by atoms with E-state index in [1.807, 2.05) is 18.2 Å². The van der Waals surface area contributed by atoms with E-state index in [0.29, 0.717) is 12.2 Å². The monoisotopic (exact) mass is 415 g/mol. The van der Waals surface area contributed by atoms with Gasteiger partial charge in [-0.3, -0.25) is 4.79 Å². The molecule has 6 nitrogen and oxygen atoms in total. The lowest BCUT2D eigenvalue weighted by Gasteiger charge is -2.31. The number of thiazole rings is 1. The average molecular weight is 416 g/mol. The second-order valence-electron chi connectivity index (χ2n) is 7.04. The summed E-state index contributed by atoms with van der Waals surface area (Å²) in [6.07, 6.45) is 2.93. The first-order valence-corrected chi connectivity index (χ1v) is 11.8. The maximum atomic E-state index is 12.7. The number of para-hydroxylation sites is 1. The predicted octanol–water partition coefficient (Wildman–Crippen LogP) is 3.55. The van der Waals surface area contributed by atoms with E-state index < -0.39 is 9.84 Å². The summed E-state index contributed by atoms with van der Waals surface area (Å²) in [6, 6.07) is 14.3. The number of hydrogen-bond acceptors (Lipinski definition) is 6. The molecule has 1 aliphatic rings. The van der Waals surface area contributed by atoms with E-state index in [4.69, 9.17) is 4.98 Å². The molecule has 1 atom stereocenters. The Morgan fingerprint density at radius 2 is 1.93 bits per heavy atom. The van der Waals surface area contributed by atoms with Crippen molar-refractivity contribution in [2.45, 2.75) is 17.7 Å². The first kappa shape index (κ1) is 18.9. The van der Waals surface area contributed by atoms with Crippen LogP contribution in [0, 0.1) is 5.92 Å². The average Bonchev–Trinajstić information content (AvgIpc) is 3.12. The van der Waals surface area contributed by atoms with Crippen LogP contribution in [-0.4, -0.2) is 38.7 Å². The van der Waals surface area contributed by atoms with Crippen molar-refractivity contribution in [3.05, 3.63) is 48.5 Å². The third-order valence-corrected chi connectivity index (χ3v) is 7.12. The summed E-state index contributed by atoms with van der Waals surface area (Å²) in [6.45, 7) is 1.53. The van der Waals surface area contributed by atoms with E-state index >= 15 is 0 Å². The maximum Gasteiger partial charge on any atom is 0.229 e. The molecule has 1 fully saturated rings. The topological polar surface area (TPSA) is 79.4 Å². The zero-order valence-corrected chi connectivity index (χ0v) is 17.1. The minimum absolute atomic E-state index is 0.0436. The largest absolute Gasteiger partial charge is 0.347 e. The van der Waals surface area contributed by atoms with E-state index in [9.17, 15) is 13.2 Å². The quantitative estimate of drug-likeness (QED) is 0.705. The first-order valence-electron chi connectivity index (χ1n) is 9.12. The van der Waals surface area contributed by atoms with Crippen molar-refractivity contribution in [1.29, 1.82) is 0 Å². The highest BCUT2D eigenvalue weighted by Crippen LogP contribution is 2.31. The number of fused-ring (bicyclic) bond motifs is 1. The summed E-state index contributed by atoms with van der Waals surface area (Å²) < 4.78 is 24.3. The van der Waals surface area contributed by atoms with Crippen LogP contribution in [0.1, 0.15) is 12.8 Å². The number of carbonyl (C=O) groups is 1. The summed E-state index contributed by atoms with van der Waals surface area (Å²) >= 11 is 1.65. The van der Waals surface area contributed by atoms with Crippen LogP contribution in [0.2, 0.25) is 0 Å². The lowest BCUT2D eigenvalue weighted by atomic mass is 9.97. The number of aromatic nitrogens is 1. The van der Waals surface area contributed by atoms with Gasteiger partial charge in [0.1, 0.15) is 0 Å². The number of piperidine rings is 1. The van der Waals surface area contributed by atoms with Gasteiger partial charge in [0.15, 0.2) is 15.0 Å². The Kier molecular flexibility index (Phi) is 5.07. The lowest BCUT2D eigenvalue weighted by Crippen LogP contribution is -2.40. The van der Waals surface area contributed by atoms with Gasteiger partial charge >= 0.3 is 0 Å². The molecule has 3 aromatic rings. The molecule has 0 spiro atoms. The number of carbonyl (C=O) groups excluding carboxylic acids is 1. The van der Waals surface area contributed by atoms with Gasteiger partial charge in [-0.15, -0.1) is 0 Å². The Morgan fingerprint density at radius 3 is 2.64 bits per heavy atom. The van der Waals surface area contributed by atoms with Gasteiger partial charge in [-0.25, -0.2) is 13.4 Å². The maximum absolute atomic E-state index is 12.7. The van der Waals surface area contributed by atoms with Crippen LogP contribution >= 0.6 is 11.3 Å². The highest BCUT2D eigenvalue weighted by molar-refractivity contribution is 7.90. The zero-order chi connectivity index (χ0) is 19.7. The molecule has 0 aliphatic carbocycles. The molecule has 1 N–H and O–H groups in total. The van der Waals surface area contributed by atoms with Crippen molar-refractivity contribution < 1.29 is 13.2 Å². The van der Waals surface area contributed by atoms with Crippen LogP contribution in [-0.2, 0) is 14.6 Å². The summed E-state index contributed by atoms with van der Waals surface area (Å²) in [4.78, 5) is 19.9. The Morgan fingerprint density at radius 1 is 1.18 bits per heavy atom. The minimum Gasteiger partial charge on any atom is -0.347 e. The van der Waals surface area contributed by atoms with Gasteiger partial charge < -0.3 is 10.2 Å². The van der Waals surface area contributed by atoms with Crippen molar-refractivity contribution >= 4 is 48.1 Å². The Hall–Kier alpha value is -2.45. The third kappa shape index (κ3) is 4.02. The molecule has 2 aromatic carbocycles.